The number of aryl methyl sites for hydroxylation is 1. The molecule has 0 spiro atoms. The van der Waals surface area contributed by atoms with Crippen LogP contribution in [0, 0.1) is 6.92 Å². The molecule has 0 saturated carbocycles. The van der Waals surface area contributed by atoms with Gasteiger partial charge >= 0.3 is 0 Å². The van der Waals surface area contributed by atoms with E-state index >= 15 is 0 Å². The van der Waals surface area contributed by atoms with Gasteiger partial charge in [0.05, 0.1) is 0 Å². The van der Waals surface area contributed by atoms with Crippen LogP contribution < -0.4 is 10.2 Å². The predicted octanol–water partition coefficient (Wildman–Crippen LogP) is 4.87. The summed E-state index contributed by atoms with van der Waals surface area (Å²) in [6.07, 6.45) is 1.11. The van der Waals surface area contributed by atoms with Crippen LogP contribution in [0.2, 0.25) is 0 Å². The van der Waals surface area contributed by atoms with E-state index in [1.165, 1.54) is 16.1 Å². The summed E-state index contributed by atoms with van der Waals surface area (Å²) in [5, 5.41) is 5.15. The van der Waals surface area contributed by atoms with E-state index in [0.29, 0.717) is 5.56 Å². The molecular formula is C21H20N2OS. The molecule has 0 bridgehead atoms. The second kappa shape index (κ2) is 6.73. The van der Waals surface area contributed by atoms with Gasteiger partial charge in [0.1, 0.15) is 0 Å². The summed E-state index contributed by atoms with van der Waals surface area (Å²) < 4.78 is 0. The number of nitrogens with zero attached hydrogens (tertiary/aromatic N) is 1. The number of nitrogens with one attached hydrogen (secondary N) is 1. The smallest absolute Gasteiger partial charge is 0.255 e. The fraction of sp³-hybridized carbons (Fsp3) is 0.190. The van der Waals surface area contributed by atoms with Crippen molar-refractivity contribution in [3.63, 3.8) is 0 Å². The first kappa shape index (κ1) is 15.9. The van der Waals surface area contributed by atoms with Gasteiger partial charge in [0, 0.05) is 34.9 Å². The molecule has 1 aliphatic rings. The van der Waals surface area contributed by atoms with Crippen molar-refractivity contribution in [2.24, 2.45) is 0 Å². The van der Waals surface area contributed by atoms with E-state index in [0.717, 1.165) is 30.8 Å². The maximum Gasteiger partial charge on any atom is 0.255 e. The maximum atomic E-state index is 12.3. The SMILES string of the molecule is Cc1cccc(C(=O)Nc2ccc(N3CCc4sccc4C3)cc2)c1. The van der Waals surface area contributed by atoms with Gasteiger partial charge in [-0.3, -0.25) is 4.79 Å². The number of rotatable bonds is 3. The molecule has 4 heteroatoms. The average Bonchev–Trinajstić information content (AvgIpc) is 3.10. The minimum atomic E-state index is -0.0719. The average molecular weight is 348 g/mol. The number of carbonyl (C=O) groups is 1. The molecule has 0 saturated heterocycles. The monoisotopic (exact) mass is 348 g/mol. The number of carbonyl (C=O) groups excluding carboxylic acids is 1. The molecule has 3 aromatic rings. The number of anilines is 2. The lowest BCUT2D eigenvalue weighted by Crippen LogP contribution is -2.29. The standard InChI is InChI=1S/C21H20N2OS/c1-15-3-2-4-16(13-15)21(24)22-18-5-7-19(8-6-18)23-11-9-20-17(14-23)10-12-25-20/h2-8,10,12-13H,9,11,14H2,1H3,(H,22,24). The molecular weight excluding hydrogens is 328 g/mol. The van der Waals surface area contributed by atoms with Gasteiger partial charge in [-0.2, -0.15) is 0 Å². The molecule has 0 fully saturated rings. The normalized spacial score (nSPS) is 13.4. The molecule has 0 atom stereocenters. The van der Waals surface area contributed by atoms with E-state index in [-0.39, 0.29) is 5.91 Å². The molecule has 3 nitrogen and oxygen atoms in total. The third-order valence-corrected chi connectivity index (χ3v) is 5.60. The summed E-state index contributed by atoms with van der Waals surface area (Å²) in [5.74, 6) is -0.0719. The molecule has 0 radical (unpaired) electrons. The molecule has 126 valence electrons. The maximum absolute atomic E-state index is 12.3. The topological polar surface area (TPSA) is 32.3 Å². The van der Waals surface area contributed by atoms with Crippen molar-refractivity contribution in [3.05, 3.63) is 81.5 Å². The second-order valence-corrected chi connectivity index (χ2v) is 7.41. The summed E-state index contributed by atoms with van der Waals surface area (Å²) in [4.78, 5) is 16.2. The molecule has 1 aromatic heterocycles. The Balaban J connectivity index is 1.45. The second-order valence-electron chi connectivity index (χ2n) is 6.41. The van der Waals surface area contributed by atoms with E-state index in [2.05, 4.69) is 33.8 Å². The van der Waals surface area contributed by atoms with Gasteiger partial charge in [0.15, 0.2) is 0 Å². The minimum Gasteiger partial charge on any atom is -0.367 e. The van der Waals surface area contributed by atoms with Crippen LogP contribution in [0.4, 0.5) is 11.4 Å². The molecule has 0 unspecified atom stereocenters. The summed E-state index contributed by atoms with van der Waals surface area (Å²) >= 11 is 1.86. The number of benzene rings is 2. The highest BCUT2D eigenvalue weighted by Crippen LogP contribution is 2.28. The van der Waals surface area contributed by atoms with Crippen LogP contribution in [0.1, 0.15) is 26.4 Å². The third kappa shape index (κ3) is 3.44. The largest absolute Gasteiger partial charge is 0.367 e. The van der Waals surface area contributed by atoms with Crippen LogP contribution in [0.25, 0.3) is 0 Å². The Hall–Kier alpha value is -2.59. The van der Waals surface area contributed by atoms with Crippen LogP contribution in [0.15, 0.2) is 60.0 Å². The highest BCUT2D eigenvalue weighted by Gasteiger charge is 2.17. The van der Waals surface area contributed by atoms with Gasteiger partial charge < -0.3 is 10.2 Å². The number of amides is 1. The number of fused-ring (bicyclic) bond motifs is 1. The first-order valence-corrected chi connectivity index (χ1v) is 9.35. The van der Waals surface area contributed by atoms with Crippen molar-refractivity contribution in [3.8, 4) is 0 Å². The van der Waals surface area contributed by atoms with Crippen molar-refractivity contribution >= 4 is 28.6 Å². The Kier molecular flexibility index (Phi) is 4.28. The Morgan fingerprint density at radius 2 is 1.96 bits per heavy atom. The number of hydrogen-bond acceptors (Lipinski definition) is 3. The van der Waals surface area contributed by atoms with Gasteiger partial charge in [0.2, 0.25) is 0 Å². The molecule has 2 heterocycles. The van der Waals surface area contributed by atoms with Gasteiger partial charge in [-0.15, -0.1) is 11.3 Å². The Morgan fingerprint density at radius 3 is 2.76 bits per heavy atom. The number of hydrogen-bond donors (Lipinski definition) is 1. The summed E-state index contributed by atoms with van der Waals surface area (Å²) in [6.45, 7) is 4.00. The van der Waals surface area contributed by atoms with Crippen LogP contribution >= 0.6 is 11.3 Å². The molecule has 0 aliphatic carbocycles. The van der Waals surface area contributed by atoms with E-state index in [1.807, 2.05) is 54.7 Å². The first-order chi connectivity index (χ1) is 12.2. The van der Waals surface area contributed by atoms with E-state index in [1.54, 1.807) is 0 Å². The van der Waals surface area contributed by atoms with Crippen LogP contribution in [0.5, 0.6) is 0 Å². The Bertz CT molecular complexity index is 898. The molecule has 1 amide bonds. The number of thiophene rings is 1. The van der Waals surface area contributed by atoms with Crippen molar-refractivity contribution in [1.29, 1.82) is 0 Å². The van der Waals surface area contributed by atoms with E-state index in [9.17, 15) is 4.79 Å². The first-order valence-electron chi connectivity index (χ1n) is 8.47. The molecule has 1 aliphatic heterocycles. The fourth-order valence-corrected chi connectivity index (χ4v) is 4.10. The van der Waals surface area contributed by atoms with Crippen LogP contribution in [-0.2, 0) is 13.0 Å². The van der Waals surface area contributed by atoms with Gasteiger partial charge in [-0.25, -0.2) is 0 Å². The Labute approximate surface area is 151 Å². The summed E-state index contributed by atoms with van der Waals surface area (Å²) in [5.41, 5.74) is 5.23. The molecule has 25 heavy (non-hydrogen) atoms. The van der Waals surface area contributed by atoms with Gasteiger partial charge in [-0.1, -0.05) is 17.7 Å². The quantitative estimate of drug-likeness (QED) is 0.732. The molecule has 2 aromatic carbocycles. The zero-order chi connectivity index (χ0) is 17.2. The lowest BCUT2D eigenvalue weighted by Gasteiger charge is -2.29. The highest BCUT2D eigenvalue weighted by molar-refractivity contribution is 7.10. The van der Waals surface area contributed by atoms with Crippen molar-refractivity contribution in [2.45, 2.75) is 19.9 Å². The molecule has 1 N–H and O–H groups in total. The Morgan fingerprint density at radius 1 is 1.12 bits per heavy atom. The van der Waals surface area contributed by atoms with Crippen molar-refractivity contribution in [1.82, 2.24) is 0 Å². The summed E-state index contributed by atoms with van der Waals surface area (Å²) in [7, 11) is 0. The van der Waals surface area contributed by atoms with E-state index < -0.39 is 0 Å². The highest BCUT2D eigenvalue weighted by atomic mass is 32.1. The van der Waals surface area contributed by atoms with E-state index in [4.69, 9.17) is 0 Å². The van der Waals surface area contributed by atoms with Crippen molar-refractivity contribution < 1.29 is 4.79 Å². The fourth-order valence-electron chi connectivity index (χ4n) is 3.21. The van der Waals surface area contributed by atoms with Crippen LogP contribution in [0.3, 0.4) is 0 Å². The zero-order valence-corrected chi connectivity index (χ0v) is 15.0. The lowest BCUT2D eigenvalue weighted by molar-refractivity contribution is 0.102. The zero-order valence-electron chi connectivity index (χ0n) is 14.2. The lowest BCUT2D eigenvalue weighted by atomic mass is 10.1. The minimum absolute atomic E-state index is 0.0719. The van der Waals surface area contributed by atoms with Gasteiger partial charge in [-0.05, 0) is 66.8 Å². The third-order valence-electron chi connectivity index (χ3n) is 4.58. The van der Waals surface area contributed by atoms with Crippen LogP contribution in [-0.4, -0.2) is 12.5 Å². The molecule has 4 rings (SSSR count). The predicted molar refractivity (Wildman–Crippen MR) is 105 cm³/mol. The van der Waals surface area contributed by atoms with Crippen molar-refractivity contribution in [2.75, 3.05) is 16.8 Å². The van der Waals surface area contributed by atoms with Gasteiger partial charge in [0.25, 0.3) is 5.91 Å². The summed E-state index contributed by atoms with van der Waals surface area (Å²) in [6, 6.07) is 18.0.